The summed E-state index contributed by atoms with van der Waals surface area (Å²) in [6, 6.07) is 5.69. The maximum absolute atomic E-state index is 5.96. The molecule has 0 fully saturated rings. The Balaban J connectivity index is 1.83. The van der Waals surface area contributed by atoms with Gasteiger partial charge in [-0.3, -0.25) is 4.68 Å². The van der Waals surface area contributed by atoms with Crippen molar-refractivity contribution in [2.24, 2.45) is 0 Å². The predicted molar refractivity (Wildman–Crippen MR) is 70.5 cm³/mol. The van der Waals surface area contributed by atoms with Crippen LogP contribution < -0.4 is 15.8 Å². The molecule has 0 saturated heterocycles. The molecule has 3 N–H and O–H groups in total. The van der Waals surface area contributed by atoms with Gasteiger partial charge in [-0.1, -0.05) is 11.3 Å². The molecule has 0 bridgehead atoms. The number of nitrogens with two attached hydrogens (primary N) is 1. The molecule has 0 aliphatic carbocycles. The first-order chi connectivity index (χ1) is 8.81. The summed E-state index contributed by atoms with van der Waals surface area (Å²) in [4.78, 5) is 0. The number of methoxy groups -OCH3 is 1. The third-order valence-corrected chi connectivity index (χ3v) is 2.64. The monoisotopic (exact) mass is 247 g/mol. The topological polar surface area (TPSA) is 78.0 Å². The Hall–Kier alpha value is -2.24. The number of nitrogen functional groups attached to an aromatic ring is 1. The van der Waals surface area contributed by atoms with E-state index in [0.717, 1.165) is 25.2 Å². The SMILES string of the molecule is COc1cccc(NCCCn2ccnn2)c1N. The van der Waals surface area contributed by atoms with Crippen molar-refractivity contribution in [2.75, 3.05) is 24.7 Å². The zero-order chi connectivity index (χ0) is 12.8. The van der Waals surface area contributed by atoms with Gasteiger partial charge in [0.2, 0.25) is 0 Å². The van der Waals surface area contributed by atoms with Crippen LogP contribution in [0.2, 0.25) is 0 Å². The highest BCUT2D eigenvalue weighted by atomic mass is 16.5. The van der Waals surface area contributed by atoms with E-state index >= 15 is 0 Å². The molecule has 2 rings (SSSR count). The van der Waals surface area contributed by atoms with Crippen LogP contribution in [0.15, 0.2) is 30.6 Å². The van der Waals surface area contributed by atoms with Crippen molar-refractivity contribution in [1.82, 2.24) is 15.0 Å². The summed E-state index contributed by atoms with van der Waals surface area (Å²) in [5, 5.41) is 10.9. The van der Waals surface area contributed by atoms with E-state index in [0.29, 0.717) is 11.4 Å². The molecule has 6 nitrogen and oxygen atoms in total. The lowest BCUT2D eigenvalue weighted by Crippen LogP contribution is -2.09. The Kier molecular flexibility index (Phi) is 4.01. The molecule has 18 heavy (non-hydrogen) atoms. The van der Waals surface area contributed by atoms with E-state index in [2.05, 4.69) is 15.6 Å². The van der Waals surface area contributed by atoms with Crippen LogP contribution in [0.3, 0.4) is 0 Å². The number of aryl methyl sites for hydroxylation is 1. The highest BCUT2D eigenvalue weighted by molar-refractivity contribution is 5.72. The van der Waals surface area contributed by atoms with Crippen LogP contribution in [0.1, 0.15) is 6.42 Å². The number of ether oxygens (including phenoxy) is 1. The van der Waals surface area contributed by atoms with Gasteiger partial charge in [0.1, 0.15) is 5.75 Å². The number of hydrogen-bond donors (Lipinski definition) is 2. The molecule has 0 unspecified atom stereocenters. The van der Waals surface area contributed by atoms with Gasteiger partial charge in [-0.15, -0.1) is 5.10 Å². The third kappa shape index (κ3) is 2.91. The average molecular weight is 247 g/mol. The molecule has 0 aliphatic heterocycles. The van der Waals surface area contributed by atoms with Gasteiger partial charge < -0.3 is 15.8 Å². The van der Waals surface area contributed by atoms with Crippen molar-refractivity contribution in [1.29, 1.82) is 0 Å². The predicted octanol–water partition coefficient (Wildman–Crippen LogP) is 1.37. The van der Waals surface area contributed by atoms with Gasteiger partial charge >= 0.3 is 0 Å². The van der Waals surface area contributed by atoms with Crippen molar-refractivity contribution in [3.05, 3.63) is 30.6 Å². The minimum Gasteiger partial charge on any atom is -0.495 e. The van der Waals surface area contributed by atoms with E-state index in [1.807, 2.05) is 24.4 Å². The maximum Gasteiger partial charge on any atom is 0.143 e. The molecule has 0 atom stereocenters. The van der Waals surface area contributed by atoms with Crippen LogP contribution in [-0.2, 0) is 6.54 Å². The number of anilines is 2. The zero-order valence-corrected chi connectivity index (χ0v) is 10.3. The van der Waals surface area contributed by atoms with Gasteiger partial charge in [0.15, 0.2) is 0 Å². The molecule has 1 aromatic heterocycles. The van der Waals surface area contributed by atoms with Crippen LogP contribution >= 0.6 is 0 Å². The van der Waals surface area contributed by atoms with Gasteiger partial charge in [0, 0.05) is 19.3 Å². The summed E-state index contributed by atoms with van der Waals surface area (Å²) in [6.45, 7) is 1.65. The minimum atomic E-state index is 0.640. The molecule has 2 aromatic rings. The fourth-order valence-corrected chi connectivity index (χ4v) is 1.69. The molecule has 1 heterocycles. The van der Waals surface area contributed by atoms with E-state index in [1.54, 1.807) is 18.0 Å². The third-order valence-electron chi connectivity index (χ3n) is 2.64. The standard InChI is InChI=1S/C12H17N5O/c1-18-11-5-2-4-10(12(11)13)14-6-3-8-17-9-7-15-16-17/h2,4-5,7,9,14H,3,6,8,13H2,1H3. The molecular formula is C12H17N5O. The molecule has 6 heteroatoms. The van der Waals surface area contributed by atoms with Crippen LogP contribution in [0.5, 0.6) is 5.75 Å². The Morgan fingerprint density at radius 3 is 3.06 bits per heavy atom. The first-order valence-corrected chi connectivity index (χ1v) is 5.81. The number of nitrogens with one attached hydrogen (secondary N) is 1. The fourth-order valence-electron chi connectivity index (χ4n) is 1.69. The van der Waals surface area contributed by atoms with Crippen LogP contribution in [0.4, 0.5) is 11.4 Å². The van der Waals surface area contributed by atoms with Gasteiger partial charge in [0.05, 0.1) is 24.7 Å². The molecular weight excluding hydrogens is 230 g/mol. The largest absolute Gasteiger partial charge is 0.495 e. The first-order valence-electron chi connectivity index (χ1n) is 5.81. The molecule has 0 amide bonds. The van der Waals surface area contributed by atoms with Crippen molar-refractivity contribution >= 4 is 11.4 Å². The maximum atomic E-state index is 5.96. The second-order valence-corrected chi connectivity index (χ2v) is 3.87. The Morgan fingerprint density at radius 1 is 1.44 bits per heavy atom. The van der Waals surface area contributed by atoms with Crippen LogP contribution in [-0.4, -0.2) is 28.6 Å². The Bertz CT molecular complexity index is 483. The molecule has 0 aliphatic rings. The molecule has 0 spiro atoms. The van der Waals surface area contributed by atoms with Crippen LogP contribution in [0.25, 0.3) is 0 Å². The lowest BCUT2D eigenvalue weighted by atomic mass is 10.2. The van der Waals surface area contributed by atoms with E-state index < -0.39 is 0 Å². The van der Waals surface area contributed by atoms with E-state index in [1.165, 1.54) is 0 Å². The Morgan fingerprint density at radius 2 is 2.33 bits per heavy atom. The number of para-hydroxylation sites is 1. The summed E-state index contributed by atoms with van der Waals surface area (Å²) in [5.41, 5.74) is 7.49. The van der Waals surface area contributed by atoms with Crippen LogP contribution in [0, 0.1) is 0 Å². The first kappa shape index (κ1) is 12.2. The smallest absolute Gasteiger partial charge is 0.143 e. The summed E-state index contributed by atoms with van der Waals surface area (Å²) in [5.74, 6) is 0.691. The normalized spacial score (nSPS) is 10.3. The lowest BCUT2D eigenvalue weighted by Gasteiger charge is -2.11. The second kappa shape index (κ2) is 5.90. The summed E-state index contributed by atoms with van der Waals surface area (Å²) in [7, 11) is 1.61. The second-order valence-electron chi connectivity index (χ2n) is 3.87. The summed E-state index contributed by atoms with van der Waals surface area (Å²) < 4.78 is 6.97. The van der Waals surface area contributed by atoms with Gasteiger partial charge in [-0.2, -0.15) is 0 Å². The minimum absolute atomic E-state index is 0.640. The lowest BCUT2D eigenvalue weighted by molar-refractivity contribution is 0.417. The van der Waals surface area contributed by atoms with Crippen molar-refractivity contribution in [3.63, 3.8) is 0 Å². The summed E-state index contributed by atoms with van der Waals surface area (Å²) in [6.07, 6.45) is 4.47. The van der Waals surface area contributed by atoms with E-state index in [4.69, 9.17) is 10.5 Å². The quantitative estimate of drug-likeness (QED) is 0.595. The van der Waals surface area contributed by atoms with Crippen molar-refractivity contribution < 1.29 is 4.74 Å². The zero-order valence-electron chi connectivity index (χ0n) is 10.3. The van der Waals surface area contributed by atoms with Crippen molar-refractivity contribution in [2.45, 2.75) is 13.0 Å². The fraction of sp³-hybridized carbons (Fsp3) is 0.333. The average Bonchev–Trinajstić information content (AvgIpc) is 2.89. The van der Waals surface area contributed by atoms with E-state index in [-0.39, 0.29) is 0 Å². The van der Waals surface area contributed by atoms with E-state index in [9.17, 15) is 0 Å². The van der Waals surface area contributed by atoms with Gasteiger partial charge in [-0.25, -0.2) is 0 Å². The highest BCUT2D eigenvalue weighted by Gasteiger charge is 2.03. The Labute approximate surface area is 106 Å². The number of rotatable bonds is 6. The van der Waals surface area contributed by atoms with Crippen molar-refractivity contribution in [3.8, 4) is 5.75 Å². The number of benzene rings is 1. The molecule has 0 saturated carbocycles. The number of hydrogen-bond acceptors (Lipinski definition) is 5. The van der Waals surface area contributed by atoms with Gasteiger partial charge in [0.25, 0.3) is 0 Å². The molecule has 1 aromatic carbocycles. The number of nitrogens with zero attached hydrogens (tertiary/aromatic N) is 3. The van der Waals surface area contributed by atoms with Gasteiger partial charge in [-0.05, 0) is 18.6 Å². The molecule has 0 radical (unpaired) electrons. The number of aromatic nitrogens is 3. The highest BCUT2D eigenvalue weighted by Crippen LogP contribution is 2.28. The molecule has 96 valence electrons. The summed E-state index contributed by atoms with van der Waals surface area (Å²) >= 11 is 0.